The van der Waals surface area contributed by atoms with Gasteiger partial charge in [-0.05, 0) is 70.6 Å². The van der Waals surface area contributed by atoms with Gasteiger partial charge in [0.25, 0.3) is 0 Å². The lowest BCUT2D eigenvalue weighted by atomic mass is 10.0. The van der Waals surface area contributed by atoms with Crippen molar-refractivity contribution >= 4 is 19.8 Å². The molecule has 0 aromatic rings. The van der Waals surface area contributed by atoms with E-state index in [1.807, 2.05) is 0 Å². The average Bonchev–Trinajstić information content (AvgIpc) is 3.35. The van der Waals surface area contributed by atoms with Gasteiger partial charge in [0.15, 0.2) is 6.10 Å². The molecule has 2 atom stereocenters. The zero-order valence-corrected chi connectivity index (χ0v) is 46.9. The van der Waals surface area contributed by atoms with Gasteiger partial charge in [0.2, 0.25) is 0 Å². The first-order valence-corrected chi connectivity index (χ1v) is 31.5. The second kappa shape index (κ2) is 56.5. The second-order valence-corrected chi connectivity index (χ2v) is 21.7. The molecule has 3 N–H and O–H groups in total. The molecule has 0 rings (SSSR count). The number of phosphoric ester groups is 1. The molecule has 0 spiro atoms. The highest BCUT2D eigenvalue weighted by atomic mass is 31.2. The van der Waals surface area contributed by atoms with E-state index in [1.165, 1.54) is 212 Å². The predicted octanol–water partition coefficient (Wildman–Crippen LogP) is 18.8. The van der Waals surface area contributed by atoms with Gasteiger partial charge in [-0.2, -0.15) is 0 Å². The van der Waals surface area contributed by atoms with Crippen LogP contribution < -0.4 is 5.73 Å². The molecule has 0 aromatic heterocycles. The van der Waals surface area contributed by atoms with E-state index in [0.29, 0.717) is 6.42 Å². The van der Waals surface area contributed by atoms with Gasteiger partial charge in [-0.1, -0.05) is 256 Å². The molecule has 0 aromatic carbocycles. The molecule has 0 bridgehead atoms. The summed E-state index contributed by atoms with van der Waals surface area (Å²) in [4.78, 5) is 35.1. The van der Waals surface area contributed by atoms with Gasteiger partial charge >= 0.3 is 19.8 Å². The molecule has 0 fully saturated rings. The van der Waals surface area contributed by atoms with Crippen LogP contribution in [0.3, 0.4) is 0 Å². The molecule has 0 radical (unpaired) electrons. The van der Waals surface area contributed by atoms with E-state index in [-0.39, 0.29) is 38.6 Å². The first kappa shape index (κ1) is 68.2. The van der Waals surface area contributed by atoms with Gasteiger partial charge in [-0.15, -0.1) is 0 Å². The minimum Gasteiger partial charge on any atom is -0.462 e. The maximum absolute atomic E-state index is 12.7. The van der Waals surface area contributed by atoms with Crippen LogP contribution in [0.4, 0.5) is 0 Å². The zero-order valence-electron chi connectivity index (χ0n) is 46.0. The molecule has 9 nitrogen and oxygen atoms in total. The fraction of sp³-hybridized carbons (Fsp3) is 0.867. The van der Waals surface area contributed by atoms with Crippen molar-refractivity contribution in [2.45, 2.75) is 309 Å². The van der Waals surface area contributed by atoms with Crippen LogP contribution in [-0.4, -0.2) is 49.3 Å². The molecular formula is C60H114NO8P. The van der Waals surface area contributed by atoms with Crippen molar-refractivity contribution in [3.8, 4) is 0 Å². The molecule has 412 valence electrons. The summed E-state index contributed by atoms with van der Waals surface area (Å²) in [5.74, 6) is -0.823. The molecule has 0 saturated heterocycles. The van der Waals surface area contributed by atoms with Crippen LogP contribution in [0.25, 0.3) is 0 Å². The van der Waals surface area contributed by atoms with E-state index in [1.54, 1.807) is 0 Å². The summed E-state index contributed by atoms with van der Waals surface area (Å²) in [6, 6.07) is 0. The lowest BCUT2D eigenvalue weighted by Gasteiger charge is -2.19. The van der Waals surface area contributed by atoms with E-state index in [2.05, 4.69) is 50.3 Å². The number of hydrogen-bond donors (Lipinski definition) is 2. The number of unbranched alkanes of at least 4 members (excludes halogenated alkanes) is 38. The number of hydrogen-bond acceptors (Lipinski definition) is 8. The number of nitrogens with two attached hydrogens (primary N) is 1. The van der Waals surface area contributed by atoms with Crippen LogP contribution in [0.5, 0.6) is 0 Å². The van der Waals surface area contributed by atoms with Gasteiger partial charge in [0.05, 0.1) is 13.2 Å². The summed E-state index contributed by atoms with van der Waals surface area (Å²) in [6.45, 7) is 3.76. The Morgan fingerprint density at radius 3 is 1.10 bits per heavy atom. The summed E-state index contributed by atoms with van der Waals surface area (Å²) in [6.07, 6.45) is 67.9. The van der Waals surface area contributed by atoms with Gasteiger partial charge in [0.1, 0.15) is 6.61 Å². The third kappa shape index (κ3) is 55.5. The number of ether oxygens (including phenoxy) is 2. The molecule has 70 heavy (non-hydrogen) atoms. The van der Waals surface area contributed by atoms with Crippen molar-refractivity contribution in [1.29, 1.82) is 0 Å². The number of rotatable bonds is 57. The fourth-order valence-electron chi connectivity index (χ4n) is 8.78. The number of carbonyl (C=O) groups excluding carboxylic acids is 2. The number of esters is 2. The Kier molecular flexibility index (Phi) is 55.1. The first-order valence-electron chi connectivity index (χ1n) is 30.0. The van der Waals surface area contributed by atoms with Crippen LogP contribution in [0.1, 0.15) is 303 Å². The minimum atomic E-state index is -4.38. The van der Waals surface area contributed by atoms with Crippen LogP contribution in [-0.2, 0) is 32.7 Å². The Hall–Kier alpha value is -1.77. The lowest BCUT2D eigenvalue weighted by molar-refractivity contribution is -0.161. The van der Waals surface area contributed by atoms with Crippen molar-refractivity contribution in [2.24, 2.45) is 5.73 Å². The van der Waals surface area contributed by atoms with Crippen LogP contribution in [0, 0.1) is 0 Å². The number of allylic oxidation sites excluding steroid dienone is 6. The van der Waals surface area contributed by atoms with Crippen molar-refractivity contribution in [1.82, 2.24) is 0 Å². The first-order chi connectivity index (χ1) is 34.3. The average molecular weight is 1010 g/mol. The maximum atomic E-state index is 12.7. The third-order valence-corrected chi connectivity index (χ3v) is 14.2. The predicted molar refractivity (Wildman–Crippen MR) is 298 cm³/mol. The standard InChI is InChI=1S/C60H114NO8P/c1-3-5-7-9-11-13-15-17-19-21-22-23-24-25-26-27-28-29-30-31-32-33-34-35-36-37-39-41-43-45-47-49-51-53-60(63)69-58(57-68-70(64,65)67-55-54-61)56-66-59(62)52-50-48-46-44-42-40-38-20-18-16-14-12-10-8-6-4-2/h15,17,20-22,38,58H,3-14,16,18-19,23-37,39-57,61H2,1-2H3,(H,64,65)/b17-15-,22-21-,38-20-. The molecule has 2 unspecified atom stereocenters. The molecule has 0 aliphatic heterocycles. The highest BCUT2D eigenvalue weighted by Crippen LogP contribution is 2.43. The van der Waals surface area contributed by atoms with Crippen molar-refractivity contribution in [3.63, 3.8) is 0 Å². The Bertz CT molecular complexity index is 1240. The molecule has 0 aliphatic carbocycles. The van der Waals surface area contributed by atoms with Crippen molar-refractivity contribution in [3.05, 3.63) is 36.5 Å². The highest BCUT2D eigenvalue weighted by molar-refractivity contribution is 7.47. The molecule has 10 heteroatoms. The molecule has 0 amide bonds. The van der Waals surface area contributed by atoms with E-state index >= 15 is 0 Å². The molecule has 0 aliphatic rings. The Morgan fingerprint density at radius 1 is 0.429 bits per heavy atom. The van der Waals surface area contributed by atoms with Crippen LogP contribution >= 0.6 is 7.82 Å². The lowest BCUT2D eigenvalue weighted by Crippen LogP contribution is -2.29. The zero-order chi connectivity index (χ0) is 51.0. The van der Waals surface area contributed by atoms with E-state index < -0.39 is 26.5 Å². The summed E-state index contributed by atoms with van der Waals surface area (Å²) in [5.41, 5.74) is 5.38. The number of phosphoric acid groups is 1. The van der Waals surface area contributed by atoms with E-state index in [0.717, 1.165) is 57.8 Å². The largest absolute Gasteiger partial charge is 0.472 e. The van der Waals surface area contributed by atoms with Gasteiger partial charge in [-0.3, -0.25) is 18.6 Å². The van der Waals surface area contributed by atoms with Gasteiger partial charge < -0.3 is 20.1 Å². The second-order valence-electron chi connectivity index (χ2n) is 20.2. The Balaban J connectivity index is 3.85. The molecular weight excluding hydrogens is 894 g/mol. The summed E-state index contributed by atoms with van der Waals surface area (Å²) in [7, 11) is -4.38. The fourth-order valence-corrected chi connectivity index (χ4v) is 9.55. The highest BCUT2D eigenvalue weighted by Gasteiger charge is 2.26. The van der Waals surface area contributed by atoms with Gasteiger partial charge in [0, 0.05) is 19.4 Å². The third-order valence-electron chi connectivity index (χ3n) is 13.2. The van der Waals surface area contributed by atoms with Crippen molar-refractivity contribution < 1.29 is 37.6 Å². The Labute approximate surface area is 433 Å². The summed E-state index contributed by atoms with van der Waals surface area (Å²) >= 11 is 0. The molecule has 0 saturated carbocycles. The smallest absolute Gasteiger partial charge is 0.462 e. The quantitative estimate of drug-likeness (QED) is 0.0264. The normalized spacial score (nSPS) is 13.3. The Morgan fingerprint density at radius 2 is 0.743 bits per heavy atom. The van der Waals surface area contributed by atoms with E-state index in [4.69, 9.17) is 24.3 Å². The number of carbonyl (C=O) groups is 2. The van der Waals surface area contributed by atoms with E-state index in [9.17, 15) is 19.0 Å². The monoisotopic (exact) mass is 1010 g/mol. The summed E-state index contributed by atoms with van der Waals surface area (Å²) < 4.78 is 33.0. The van der Waals surface area contributed by atoms with Crippen molar-refractivity contribution in [2.75, 3.05) is 26.4 Å². The minimum absolute atomic E-state index is 0.0540. The summed E-state index contributed by atoms with van der Waals surface area (Å²) in [5, 5.41) is 0. The van der Waals surface area contributed by atoms with Crippen LogP contribution in [0.15, 0.2) is 36.5 Å². The van der Waals surface area contributed by atoms with Gasteiger partial charge in [-0.25, -0.2) is 4.57 Å². The maximum Gasteiger partial charge on any atom is 0.472 e. The van der Waals surface area contributed by atoms with Crippen LogP contribution in [0.2, 0.25) is 0 Å². The topological polar surface area (TPSA) is 134 Å². The molecule has 0 heterocycles. The SMILES string of the molecule is CCCCCCC/C=C\C/C=C\CCCCCCCCCCCCCCCCCCCCCCCC(=O)OC(COC(=O)CCCCCCC/C=C\CCCCCCCCC)COP(=O)(O)OCCN.